The van der Waals surface area contributed by atoms with Crippen molar-refractivity contribution in [2.45, 2.75) is 6.61 Å². The van der Waals surface area contributed by atoms with E-state index in [0.29, 0.717) is 17.9 Å². The molecule has 2 aromatic rings. The van der Waals surface area contributed by atoms with Gasteiger partial charge >= 0.3 is 0 Å². The summed E-state index contributed by atoms with van der Waals surface area (Å²) in [6.45, 7) is 0.314. The lowest BCUT2D eigenvalue weighted by Gasteiger charge is -2.09. The van der Waals surface area contributed by atoms with E-state index in [0.717, 1.165) is 10.0 Å². The van der Waals surface area contributed by atoms with Gasteiger partial charge in [0.1, 0.15) is 18.2 Å². The number of ether oxygens (including phenoxy) is 1. The van der Waals surface area contributed by atoms with Crippen molar-refractivity contribution >= 4 is 22.1 Å². The van der Waals surface area contributed by atoms with E-state index in [4.69, 9.17) is 9.94 Å². The molecule has 0 aromatic heterocycles. The maximum Gasteiger partial charge on any atom is 0.128 e. The number of hydrogen-bond donors (Lipinski definition) is 1. The van der Waals surface area contributed by atoms with Crippen LogP contribution in [-0.2, 0) is 6.61 Å². The average molecular weight is 324 g/mol. The number of hydrogen-bond acceptors (Lipinski definition) is 3. The summed E-state index contributed by atoms with van der Waals surface area (Å²) in [5.41, 5.74) is 1.51. The number of nitrogens with zero attached hydrogens (tertiary/aromatic N) is 1. The van der Waals surface area contributed by atoms with Gasteiger partial charge in [-0.2, -0.15) is 0 Å². The van der Waals surface area contributed by atoms with Crippen LogP contribution in [0.4, 0.5) is 4.39 Å². The van der Waals surface area contributed by atoms with Gasteiger partial charge in [-0.15, -0.1) is 0 Å². The van der Waals surface area contributed by atoms with Crippen LogP contribution < -0.4 is 4.74 Å². The predicted octanol–water partition coefficient (Wildman–Crippen LogP) is 3.98. The Morgan fingerprint density at radius 2 is 1.95 bits per heavy atom. The van der Waals surface area contributed by atoms with E-state index in [2.05, 4.69) is 21.1 Å². The van der Waals surface area contributed by atoms with Crippen LogP contribution in [0, 0.1) is 5.82 Å². The molecule has 2 aromatic carbocycles. The molecule has 0 fully saturated rings. The van der Waals surface area contributed by atoms with Crippen LogP contribution in [0.3, 0.4) is 0 Å². The van der Waals surface area contributed by atoms with Gasteiger partial charge in [-0.1, -0.05) is 33.2 Å². The molecule has 0 aliphatic heterocycles. The topological polar surface area (TPSA) is 41.8 Å². The molecule has 98 valence electrons. The Morgan fingerprint density at radius 3 is 2.63 bits per heavy atom. The second-order valence-electron chi connectivity index (χ2n) is 3.84. The first-order valence-corrected chi connectivity index (χ1v) is 6.32. The fourth-order valence-corrected chi connectivity index (χ4v) is 1.93. The second kappa shape index (κ2) is 6.33. The van der Waals surface area contributed by atoms with Crippen LogP contribution in [0.5, 0.6) is 5.75 Å². The van der Waals surface area contributed by atoms with Gasteiger partial charge in [0, 0.05) is 10.0 Å². The molecule has 5 heteroatoms. The molecule has 0 aliphatic rings. The van der Waals surface area contributed by atoms with Crippen molar-refractivity contribution in [3.05, 3.63) is 63.9 Å². The summed E-state index contributed by atoms with van der Waals surface area (Å²) in [7, 11) is 0. The molecule has 19 heavy (non-hydrogen) atoms. The fraction of sp³-hybridized carbons (Fsp3) is 0.0714. The zero-order chi connectivity index (χ0) is 13.7. The normalized spacial score (nSPS) is 10.8. The largest absolute Gasteiger partial charge is 0.488 e. The van der Waals surface area contributed by atoms with Crippen molar-refractivity contribution in [1.82, 2.24) is 0 Å². The summed E-state index contributed by atoms with van der Waals surface area (Å²) in [5.74, 6) is 0.311. The minimum absolute atomic E-state index is 0.277. The Morgan fingerprint density at radius 1 is 1.21 bits per heavy atom. The zero-order valence-electron chi connectivity index (χ0n) is 9.88. The summed E-state index contributed by atoms with van der Waals surface area (Å²) in [6.07, 6.45) is 1.30. The van der Waals surface area contributed by atoms with Gasteiger partial charge < -0.3 is 9.94 Å². The van der Waals surface area contributed by atoms with Gasteiger partial charge in [0.25, 0.3) is 0 Å². The Labute approximate surface area is 118 Å². The SMILES string of the molecule is ON=Cc1cc(Br)ccc1OCc1ccc(F)cc1. The molecule has 0 bridgehead atoms. The van der Waals surface area contributed by atoms with Crippen LogP contribution in [0.25, 0.3) is 0 Å². The van der Waals surface area contributed by atoms with Gasteiger partial charge in [-0.05, 0) is 35.9 Å². The molecule has 0 amide bonds. The van der Waals surface area contributed by atoms with Crippen LogP contribution in [0.1, 0.15) is 11.1 Å². The lowest BCUT2D eigenvalue weighted by atomic mass is 10.2. The van der Waals surface area contributed by atoms with Crippen LogP contribution >= 0.6 is 15.9 Å². The van der Waals surface area contributed by atoms with E-state index in [1.165, 1.54) is 18.3 Å². The molecule has 0 saturated heterocycles. The highest BCUT2D eigenvalue weighted by Crippen LogP contribution is 2.22. The van der Waals surface area contributed by atoms with E-state index in [1.807, 2.05) is 6.07 Å². The predicted molar refractivity (Wildman–Crippen MR) is 74.3 cm³/mol. The zero-order valence-corrected chi connectivity index (χ0v) is 11.5. The van der Waals surface area contributed by atoms with Gasteiger partial charge in [0.2, 0.25) is 0 Å². The smallest absolute Gasteiger partial charge is 0.128 e. The maximum absolute atomic E-state index is 12.8. The summed E-state index contributed by atoms with van der Waals surface area (Å²) in [4.78, 5) is 0. The first kappa shape index (κ1) is 13.5. The summed E-state index contributed by atoms with van der Waals surface area (Å²) in [6, 6.07) is 11.5. The van der Waals surface area contributed by atoms with Crippen LogP contribution in [0.2, 0.25) is 0 Å². The number of benzene rings is 2. The van der Waals surface area contributed by atoms with Crippen molar-refractivity contribution in [2.24, 2.45) is 5.16 Å². The van der Waals surface area contributed by atoms with E-state index < -0.39 is 0 Å². The minimum Gasteiger partial charge on any atom is -0.488 e. The van der Waals surface area contributed by atoms with Crippen molar-refractivity contribution in [3.63, 3.8) is 0 Å². The highest BCUT2D eigenvalue weighted by molar-refractivity contribution is 9.10. The van der Waals surface area contributed by atoms with E-state index in [1.54, 1.807) is 24.3 Å². The van der Waals surface area contributed by atoms with Crippen LogP contribution in [-0.4, -0.2) is 11.4 Å². The molecular weight excluding hydrogens is 313 g/mol. The number of oxime groups is 1. The first-order valence-electron chi connectivity index (χ1n) is 5.53. The number of halogens is 2. The monoisotopic (exact) mass is 323 g/mol. The van der Waals surface area contributed by atoms with E-state index in [-0.39, 0.29) is 5.82 Å². The molecule has 1 N–H and O–H groups in total. The Kier molecular flexibility index (Phi) is 4.52. The Bertz CT molecular complexity index is 584. The third-order valence-corrected chi connectivity index (χ3v) is 2.97. The molecule has 0 unspecified atom stereocenters. The first-order chi connectivity index (χ1) is 9.19. The molecule has 0 atom stereocenters. The Hall–Kier alpha value is -1.88. The highest BCUT2D eigenvalue weighted by atomic mass is 79.9. The molecular formula is C14H11BrFNO2. The van der Waals surface area contributed by atoms with E-state index >= 15 is 0 Å². The average Bonchev–Trinajstić information content (AvgIpc) is 2.40. The highest BCUT2D eigenvalue weighted by Gasteiger charge is 2.03. The lowest BCUT2D eigenvalue weighted by molar-refractivity contribution is 0.304. The third kappa shape index (κ3) is 3.79. The van der Waals surface area contributed by atoms with Gasteiger partial charge in [0.05, 0.1) is 6.21 Å². The van der Waals surface area contributed by atoms with Gasteiger partial charge in [0.15, 0.2) is 0 Å². The van der Waals surface area contributed by atoms with Gasteiger partial charge in [-0.25, -0.2) is 4.39 Å². The summed E-state index contributed by atoms with van der Waals surface area (Å²) < 4.78 is 19.3. The maximum atomic E-state index is 12.8. The Balaban J connectivity index is 2.12. The molecule has 0 saturated carbocycles. The molecule has 0 spiro atoms. The van der Waals surface area contributed by atoms with Crippen molar-refractivity contribution in [2.75, 3.05) is 0 Å². The molecule has 2 rings (SSSR count). The van der Waals surface area contributed by atoms with Crippen molar-refractivity contribution in [3.8, 4) is 5.75 Å². The lowest BCUT2D eigenvalue weighted by Crippen LogP contribution is -1.98. The van der Waals surface area contributed by atoms with Crippen molar-refractivity contribution < 1.29 is 14.3 Å². The fourth-order valence-electron chi connectivity index (χ4n) is 1.56. The van der Waals surface area contributed by atoms with Crippen LogP contribution in [0.15, 0.2) is 52.1 Å². The quantitative estimate of drug-likeness (QED) is 0.525. The molecule has 0 aliphatic carbocycles. The minimum atomic E-state index is -0.277. The summed E-state index contributed by atoms with van der Waals surface area (Å²) in [5, 5.41) is 11.6. The molecule has 0 heterocycles. The standard InChI is InChI=1S/C14H11BrFNO2/c15-12-3-6-14(11(7-12)8-17-18)19-9-10-1-4-13(16)5-2-10/h1-8,18H,9H2. The third-order valence-electron chi connectivity index (χ3n) is 2.48. The molecule has 3 nitrogen and oxygen atoms in total. The summed E-state index contributed by atoms with van der Waals surface area (Å²) >= 11 is 3.33. The molecule has 0 radical (unpaired) electrons. The van der Waals surface area contributed by atoms with Gasteiger partial charge in [-0.3, -0.25) is 0 Å². The van der Waals surface area contributed by atoms with Crippen molar-refractivity contribution in [1.29, 1.82) is 0 Å². The number of rotatable bonds is 4. The van der Waals surface area contributed by atoms with E-state index in [9.17, 15) is 4.39 Å². The second-order valence-corrected chi connectivity index (χ2v) is 4.76.